The van der Waals surface area contributed by atoms with Crippen molar-refractivity contribution in [1.82, 2.24) is 4.57 Å². The van der Waals surface area contributed by atoms with E-state index in [0.29, 0.717) is 5.92 Å². The smallest absolute Gasteiger partial charge is 0.0833 e. The number of aliphatic hydroxyl groups is 1. The zero-order valence-electron chi connectivity index (χ0n) is 9.27. The van der Waals surface area contributed by atoms with E-state index in [4.69, 9.17) is 0 Å². The van der Waals surface area contributed by atoms with Gasteiger partial charge in [0.15, 0.2) is 0 Å². The molecule has 0 fully saturated rings. The summed E-state index contributed by atoms with van der Waals surface area (Å²) in [6, 6.07) is 10.3. The van der Waals surface area contributed by atoms with Crippen molar-refractivity contribution in [2.75, 3.05) is 0 Å². The van der Waals surface area contributed by atoms with Crippen molar-refractivity contribution in [1.29, 1.82) is 0 Å². The molecule has 0 spiro atoms. The number of benzene rings is 1. The summed E-state index contributed by atoms with van der Waals surface area (Å²) in [7, 11) is 0. The molecule has 0 atom stereocenters. The molecule has 1 aromatic carbocycles. The monoisotopic (exact) mass is 203 g/mol. The molecule has 0 bridgehead atoms. The third-order valence-corrected chi connectivity index (χ3v) is 2.61. The van der Waals surface area contributed by atoms with Gasteiger partial charge in [-0.15, -0.1) is 0 Å². The van der Waals surface area contributed by atoms with Gasteiger partial charge >= 0.3 is 0 Å². The van der Waals surface area contributed by atoms with Gasteiger partial charge in [-0.05, 0) is 23.4 Å². The van der Waals surface area contributed by atoms with E-state index in [-0.39, 0.29) is 6.61 Å². The molecular formula is C13H17NO. The van der Waals surface area contributed by atoms with Crippen LogP contribution in [0, 0.1) is 5.92 Å². The van der Waals surface area contributed by atoms with Crippen LogP contribution in [0.3, 0.4) is 0 Å². The molecule has 2 rings (SSSR count). The maximum Gasteiger partial charge on any atom is 0.0833 e. The standard InChI is InChI=1S/C13H17NO/c1-10(2)8-14-12(9-15)7-11-5-3-4-6-13(11)14/h3-7,10,15H,8-9H2,1-2H3. The number of aromatic nitrogens is 1. The topological polar surface area (TPSA) is 25.2 Å². The molecule has 1 N–H and O–H groups in total. The second-order valence-electron chi connectivity index (χ2n) is 4.36. The molecule has 80 valence electrons. The molecule has 0 saturated heterocycles. The van der Waals surface area contributed by atoms with Gasteiger partial charge in [-0.2, -0.15) is 0 Å². The van der Waals surface area contributed by atoms with Crippen LogP contribution in [0.5, 0.6) is 0 Å². The summed E-state index contributed by atoms with van der Waals surface area (Å²) in [5.74, 6) is 0.589. The van der Waals surface area contributed by atoms with Crippen LogP contribution in [0.4, 0.5) is 0 Å². The first-order valence-electron chi connectivity index (χ1n) is 5.40. The average Bonchev–Trinajstić information content (AvgIpc) is 2.56. The van der Waals surface area contributed by atoms with Crippen LogP contribution in [0.25, 0.3) is 10.9 Å². The maximum atomic E-state index is 9.31. The molecule has 0 aliphatic rings. The van der Waals surface area contributed by atoms with E-state index in [0.717, 1.165) is 12.2 Å². The summed E-state index contributed by atoms with van der Waals surface area (Å²) in [5.41, 5.74) is 2.22. The van der Waals surface area contributed by atoms with Crippen LogP contribution < -0.4 is 0 Å². The van der Waals surface area contributed by atoms with Gasteiger partial charge in [0, 0.05) is 17.8 Å². The van der Waals surface area contributed by atoms with Gasteiger partial charge in [0.25, 0.3) is 0 Å². The van der Waals surface area contributed by atoms with Crippen LogP contribution in [0.1, 0.15) is 19.5 Å². The number of hydrogen-bond acceptors (Lipinski definition) is 1. The largest absolute Gasteiger partial charge is 0.390 e. The molecule has 1 heterocycles. The summed E-state index contributed by atoms with van der Waals surface area (Å²) >= 11 is 0. The SMILES string of the molecule is CC(C)Cn1c(CO)cc2ccccc21. The van der Waals surface area contributed by atoms with Crippen LogP contribution in [0.2, 0.25) is 0 Å². The van der Waals surface area contributed by atoms with Crippen molar-refractivity contribution in [2.45, 2.75) is 27.0 Å². The van der Waals surface area contributed by atoms with Crippen molar-refractivity contribution in [2.24, 2.45) is 5.92 Å². The van der Waals surface area contributed by atoms with E-state index in [1.165, 1.54) is 10.9 Å². The molecule has 0 saturated carbocycles. The van der Waals surface area contributed by atoms with Gasteiger partial charge in [-0.1, -0.05) is 32.0 Å². The molecule has 0 aliphatic carbocycles. The molecule has 1 aromatic heterocycles. The first-order chi connectivity index (χ1) is 7.22. The minimum absolute atomic E-state index is 0.112. The lowest BCUT2D eigenvalue weighted by atomic mass is 10.2. The highest BCUT2D eigenvalue weighted by molar-refractivity contribution is 5.81. The fraction of sp³-hybridized carbons (Fsp3) is 0.385. The summed E-state index contributed by atoms with van der Waals surface area (Å²) in [6.07, 6.45) is 0. The van der Waals surface area contributed by atoms with E-state index in [1.54, 1.807) is 0 Å². The Balaban J connectivity index is 2.56. The predicted octanol–water partition coefficient (Wildman–Crippen LogP) is 2.79. The Kier molecular flexibility index (Phi) is 2.78. The van der Waals surface area contributed by atoms with Crippen molar-refractivity contribution < 1.29 is 5.11 Å². The third-order valence-electron chi connectivity index (χ3n) is 2.61. The van der Waals surface area contributed by atoms with E-state index >= 15 is 0 Å². The summed E-state index contributed by atoms with van der Waals surface area (Å²) < 4.78 is 2.21. The fourth-order valence-electron chi connectivity index (χ4n) is 1.98. The number of rotatable bonds is 3. The van der Waals surface area contributed by atoms with Gasteiger partial charge in [0.1, 0.15) is 0 Å². The minimum atomic E-state index is 0.112. The molecular weight excluding hydrogens is 186 g/mol. The van der Waals surface area contributed by atoms with E-state index in [2.05, 4.69) is 36.6 Å². The highest BCUT2D eigenvalue weighted by Gasteiger charge is 2.08. The molecule has 15 heavy (non-hydrogen) atoms. The lowest BCUT2D eigenvalue weighted by Crippen LogP contribution is -2.07. The Morgan fingerprint density at radius 2 is 2.00 bits per heavy atom. The first kappa shape index (κ1) is 10.2. The summed E-state index contributed by atoms with van der Waals surface area (Å²) in [6.45, 7) is 5.46. The summed E-state index contributed by atoms with van der Waals surface area (Å²) in [5, 5.41) is 10.5. The fourth-order valence-corrected chi connectivity index (χ4v) is 1.98. The number of fused-ring (bicyclic) bond motifs is 1. The number of nitrogens with zero attached hydrogens (tertiary/aromatic N) is 1. The van der Waals surface area contributed by atoms with Crippen molar-refractivity contribution in [3.8, 4) is 0 Å². The molecule has 0 unspecified atom stereocenters. The van der Waals surface area contributed by atoms with E-state index in [9.17, 15) is 5.11 Å². The van der Waals surface area contributed by atoms with Gasteiger partial charge in [0.2, 0.25) is 0 Å². The molecule has 2 heteroatoms. The zero-order valence-corrected chi connectivity index (χ0v) is 9.27. The maximum absolute atomic E-state index is 9.31. The number of hydrogen-bond donors (Lipinski definition) is 1. The summed E-state index contributed by atoms with van der Waals surface area (Å²) in [4.78, 5) is 0. The molecule has 0 amide bonds. The van der Waals surface area contributed by atoms with Gasteiger partial charge in [0.05, 0.1) is 6.61 Å². The predicted molar refractivity (Wildman–Crippen MR) is 62.7 cm³/mol. The van der Waals surface area contributed by atoms with Crippen LogP contribution >= 0.6 is 0 Å². The van der Waals surface area contributed by atoms with E-state index in [1.807, 2.05) is 12.1 Å². The van der Waals surface area contributed by atoms with Crippen molar-refractivity contribution in [3.63, 3.8) is 0 Å². The number of para-hydroxylation sites is 1. The Hall–Kier alpha value is -1.28. The Bertz CT molecular complexity index is 457. The Morgan fingerprint density at radius 3 is 2.67 bits per heavy atom. The molecule has 0 aliphatic heterocycles. The molecule has 2 aromatic rings. The minimum Gasteiger partial charge on any atom is -0.390 e. The quantitative estimate of drug-likeness (QED) is 0.815. The lowest BCUT2D eigenvalue weighted by Gasteiger charge is -2.11. The van der Waals surface area contributed by atoms with Gasteiger partial charge in [-0.3, -0.25) is 0 Å². The second-order valence-corrected chi connectivity index (χ2v) is 4.36. The van der Waals surface area contributed by atoms with Crippen molar-refractivity contribution in [3.05, 3.63) is 36.0 Å². The van der Waals surface area contributed by atoms with Gasteiger partial charge in [-0.25, -0.2) is 0 Å². The lowest BCUT2D eigenvalue weighted by molar-refractivity contribution is 0.269. The van der Waals surface area contributed by atoms with Crippen LogP contribution in [0.15, 0.2) is 30.3 Å². The first-order valence-corrected chi connectivity index (χ1v) is 5.40. The van der Waals surface area contributed by atoms with E-state index < -0.39 is 0 Å². The highest BCUT2D eigenvalue weighted by atomic mass is 16.3. The molecule has 2 nitrogen and oxygen atoms in total. The Labute approximate surface area is 90.2 Å². The zero-order chi connectivity index (χ0) is 10.8. The van der Waals surface area contributed by atoms with Crippen LogP contribution in [-0.2, 0) is 13.2 Å². The molecule has 0 radical (unpaired) electrons. The second kappa shape index (κ2) is 4.07. The highest BCUT2D eigenvalue weighted by Crippen LogP contribution is 2.21. The van der Waals surface area contributed by atoms with Gasteiger partial charge < -0.3 is 9.67 Å². The van der Waals surface area contributed by atoms with Crippen molar-refractivity contribution >= 4 is 10.9 Å². The number of aliphatic hydroxyl groups excluding tert-OH is 1. The third kappa shape index (κ3) is 1.90. The van der Waals surface area contributed by atoms with Crippen LogP contribution in [-0.4, -0.2) is 9.67 Å². The normalized spacial score (nSPS) is 11.5. The Morgan fingerprint density at radius 1 is 1.27 bits per heavy atom. The average molecular weight is 203 g/mol.